The van der Waals surface area contributed by atoms with Gasteiger partial charge in [-0.05, 0) is 59.9 Å². The molecule has 32 heavy (non-hydrogen) atoms. The molecule has 0 spiro atoms. The van der Waals surface area contributed by atoms with Crippen LogP contribution < -0.4 is 0 Å². The van der Waals surface area contributed by atoms with Crippen molar-refractivity contribution in [2.75, 3.05) is 13.1 Å². The number of carbonyl (C=O) groups excluding carboxylic acids is 1. The molecule has 1 aliphatic heterocycles. The summed E-state index contributed by atoms with van der Waals surface area (Å²) in [5.74, 6) is 1.51. The van der Waals surface area contributed by atoms with Crippen molar-refractivity contribution in [1.29, 1.82) is 0 Å². The summed E-state index contributed by atoms with van der Waals surface area (Å²) in [6.07, 6.45) is 4.14. The SMILES string of the molecule is Cc1ccccc1-c1noc(C[C@H]2CCCN(C(=O)c3cccc(-n4cnnn4)c3)C2)n1. The zero-order valence-electron chi connectivity index (χ0n) is 17.8. The van der Waals surface area contributed by atoms with Crippen LogP contribution in [-0.4, -0.2) is 54.2 Å². The van der Waals surface area contributed by atoms with Crippen molar-refractivity contribution in [3.63, 3.8) is 0 Å². The van der Waals surface area contributed by atoms with Gasteiger partial charge >= 0.3 is 0 Å². The van der Waals surface area contributed by atoms with Crippen molar-refractivity contribution in [3.8, 4) is 17.1 Å². The van der Waals surface area contributed by atoms with E-state index in [1.54, 1.807) is 0 Å². The highest BCUT2D eigenvalue weighted by Crippen LogP contribution is 2.25. The van der Waals surface area contributed by atoms with Crippen LogP contribution in [-0.2, 0) is 6.42 Å². The van der Waals surface area contributed by atoms with Gasteiger partial charge in [0.2, 0.25) is 11.7 Å². The van der Waals surface area contributed by atoms with E-state index in [2.05, 4.69) is 25.7 Å². The number of piperidine rings is 1. The van der Waals surface area contributed by atoms with Gasteiger partial charge in [0.15, 0.2) is 0 Å². The third kappa shape index (κ3) is 4.14. The lowest BCUT2D eigenvalue weighted by atomic mass is 9.94. The Kier molecular flexibility index (Phi) is 5.45. The molecule has 1 saturated heterocycles. The molecule has 2 aromatic heterocycles. The highest BCUT2D eigenvalue weighted by Gasteiger charge is 2.26. The highest BCUT2D eigenvalue weighted by atomic mass is 16.5. The summed E-state index contributed by atoms with van der Waals surface area (Å²) in [6.45, 7) is 3.43. The van der Waals surface area contributed by atoms with Crippen LogP contribution in [0, 0.1) is 12.8 Å². The Hall–Kier alpha value is -3.88. The van der Waals surface area contributed by atoms with Crippen LogP contribution in [0.4, 0.5) is 0 Å². The van der Waals surface area contributed by atoms with Gasteiger partial charge in [-0.1, -0.05) is 35.5 Å². The topological polar surface area (TPSA) is 103 Å². The van der Waals surface area contributed by atoms with Gasteiger partial charge in [0.25, 0.3) is 5.91 Å². The van der Waals surface area contributed by atoms with Crippen molar-refractivity contribution in [2.24, 2.45) is 5.92 Å². The lowest BCUT2D eigenvalue weighted by molar-refractivity contribution is 0.0668. The maximum Gasteiger partial charge on any atom is 0.253 e. The van der Waals surface area contributed by atoms with Crippen LogP contribution in [0.2, 0.25) is 0 Å². The molecule has 9 nitrogen and oxygen atoms in total. The lowest BCUT2D eigenvalue weighted by Crippen LogP contribution is -2.40. The third-order valence-electron chi connectivity index (χ3n) is 5.83. The smallest absolute Gasteiger partial charge is 0.253 e. The predicted molar refractivity (Wildman–Crippen MR) is 116 cm³/mol. The fraction of sp³-hybridized carbons (Fsp3) is 0.304. The summed E-state index contributed by atoms with van der Waals surface area (Å²) in [5.41, 5.74) is 3.46. The van der Waals surface area contributed by atoms with Crippen LogP contribution >= 0.6 is 0 Å². The molecule has 3 heterocycles. The van der Waals surface area contributed by atoms with E-state index >= 15 is 0 Å². The standard InChI is InChI=1S/C23H23N7O2/c1-16-6-2-3-10-20(16)22-25-21(32-26-22)12-17-7-5-11-29(14-17)23(31)18-8-4-9-19(13-18)30-15-24-27-28-30/h2-4,6,8-10,13,15,17H,5,7,11-12,14H2,1H3/t17-/m1/s1. The molecular weight excluding hydrogens is 406 g/mol. The number of benzene rings is 2. The molecule has 1 amide bonds. The number of hydrogen-bond acceptors (Lipinski definition) is 7. The van der Waals surface area contributed by atoms with E-state index in [4.69, 9.17) is 4.52 Å². The van der Waals surface area contributed by atoms with Gasteiger partial charge in [0.1, 0.15) is 6.33 Å². The van der Waals surface area contributed by atoms with Gasteiger partial charge < -0.3 is 9.42 Å². The molecule has 0 unspecified atom stereocenters. The molecule has 162 valence electrons. The third-order valence-corrected chi connectivity index (χ3v) is 5.83. The van der Waals surface area contributed by atoms with E-state index in [9.17, 15) is 4.79 Å². The number of hydrogen-bond donors (Lipinski definition) is 0. The Labute approximate surface area is 185 Å². The van der Waals surface area contributed by atoms with Crippen LogP contribution in [0.15, 0.2) is 59.4 Å². The molecule has 1 fully saturated rings. The molecule has 0 bridgehead atoms. The van der Waals surface area contributed by atoms with Crippen LogP contribution in [0.5, 0.6) is 0 Å². The number of carbonyl (C=O) groups is 1. The van der Waals surface area contributed by atoms with Crippen molar-refractivity contribution in [3.05, 3.63) is 71.9 Å². The minimum absolute atomic E-state index is 0.00996. The summed E-state index contributed by atoms with van der Waals surface area (Å²) in [7, 11) is 0. The van der Waals surface area contributed by atoms with Crippen LogP contribution in [0.1, 0.15) is 34.7 Å². The molecule has 1 aliphatic rings. The molecular formula is C23H23N7O2. The number of rotatable bonds is 5. The first-order valence-electron chi connectivity index (χ1n) is 10.7. The Morgan fingerprint density at radius 1 is 1.19 bits per heavy atom. The van der Waals surface area contributed by atoms with Gasteiger partial charge in [0, 0.05) is 30.6 Å². The monoisotopic (exact) mass is 429 g/mol. The summed E-state index contributed by atoms with van der Waals surface area (Å²) in [6, 6.07) is 15.3. The second-order valence-corrected chi connectivity index (χ2v) is 8.09. The summed E-state index contributed by atoms with van der Waals surface area (Å²) in [5, 5.41) is 15.4. The quantitative estimate of drug-likeness (QED) is 0.480. The van der Waals surface area contributed by atoms with Gasteiger partial charge in [0.05, 0.1) is 5.69 Å². The normalized spacial score (nSPS) is 16.3. The highest BCUT2D eigenvalue weighted by molar-refractivity contribution is 5.94. The molecule has 0 aliphatic carbocycles. The summed E-state index contributed by atoms with van der Waals surface area (Å²) in [4.78, 5) is 19.7. The average Bonchev–Trinajstić information content (AvgIpc) is 3.52. The second kappa shape index (κ2) is 8.70. The fourth-order valence-electron chi connectivity index (χ4n) is 4.18. The van der Waals surface area contributed by atoms with E-state index in [-0.39, 0.29) is 11.8 Å². The van der Waals surface area contributed by atoms with Crippen molar-refractivity contribution < 1.29 is 9.32 Å². The van der Waals surface area contributed by atoms with Gasteiger partial charge in [-0.3, -0.25) is 4.79 Å². The van der Waals surface area contributed by atoms with Gasteiger partial charge in [-0.25, -0.2) is 4.68 Å². The van der Waals surface area contributed by atoms with E-state index in [0.29, 0.717) is 30.2 Å². The Morgan fingerprint density at radius 3 is 2.94 bits per heavy atom. The number of nitrogens with zero attached hydrogens (tertiary/aromatic N) is 7. The van der Waals surface area contributed by atoms with E-state index < -0.39 is 0 Å². The predicted octanol–water partition coefficient (Wildman–Crippen LogP) is 3.12. The number of likely N-dealkylation sites (tertiary alicyclic amines) is 1. The lowest BCUT2D eigenvalue weighted by Gasteiger charge is -2.32. The molecule has 1 atom stereocenters. The van der Waals surface area contributed by atoms with Crippen molar-refractivity contribution in [2.45, 2.75) is 26.2 Å². The molecule has 5 rings (SSSR count). The zero-order valence-corrected chi connectivity index (χ0v) is 17.8. The number of amides is 1. The van der Waals surface area contributed by atoms with Crippen LogP contribution in [0.3, 0.4) is 0 Å². The van der Waals surface area contributed by atoms with Gasteiger partial charge in [-0.15, -0.1) is 5.10 Å². The molecule has 0 radical (unpaired) electrons. The minimum atomic E-state index is 0.00996. The maximum absolute atomic E-state index is 13.2. The first-order valence-corrected chi connectivity index (χ1v) is 10.7. The first kappa shape index (κ1) is 20.0. The Balaban J connectivity index is 1.27. The first-order chi connectivity index (χ1) is 15.7. The van der Waals surface area contributed by atoms with E-state index in [1.165, 1.54) is 11.0 Å². The van der Waals surface area contributed by atoms with E-state index in [0.717, 1.165) is 36.2 Å². The molecule has 9 heteroatoms. The molecule has 0 N–H and O–H groups in total. The zero-order chi connectivity index (χ0) is 21.9. The molecule has 2 aromatic carbocycles. The largest absolute Gasteiger partial charge is 0.339 e. The number of tetrazole rings is 1. The van der Waals surface area contributed by atoms with Crippen molar-refractivity contribution >= 4 is 5.91 Å². The minimum Gasteiger partial charge on any atom is -0.339 e. The summed E-state index contributed by atoms with van der Waals surface area (Å²) < 4.78 is 7.07. The van der Waals surface area contributed by atoms with Crippen molar-refractivity contribution in [1.82, 2.24) is 35.2 Å². The Bertz CT molecular complexity index is 1220. The van der Waals surface area contributed by atoms with Gasteiger partial charge in [-0.2, -0.15) is 4.98 Å². The van der Waals surface area contributed by atoms with Crippen LogP contribution in [0.25, 0.3) is 17.1 Å². The average molecular weight is 429 g/mol. The molecule has 0 saturated carbocycles. The molecule has 4 aromatic rings. The van der Waals surface area contributed by atoms with E-state index in [1.807, 2.05) is 60.4 Å². The number of aromatic nitrogens is 6. The second-order valence-electron chi connectivity index (χ2n) is 8.09. The summed E-state index contributed by atoms with van der Waals surface area (Å²) >= 11 is 0. The Morgan fingerprint density at radius 2 is 2.09 bits per heavy atom. The maximum atomic E-state index is 13.2. The fourth-order valence-corrected chi connectivity index (χ4v) is 4.18. The number of aryl methyl sites for hydroxylation is 1.